The molecule has 94 valence electrons. The van der Waals surface area contributed by atoms with Crippen molar-refractivity contribution in [2.24, 2.45) is 0 Å². The summed E-state index contributed by atoms with van der Waals surface area (Å²) in [6, 6.07) is 11.9. The van der Waals surface area contributed by atoms with E-state index >= 15 is 0 Å². The van der Waals surface area contributed by atoms with E-state index in [0.717, 1.165) is 17.2 Å². The number of unbranched alkanes of at least 4 members (excludes halogenated alkanes) is 2. The molecule has 0 radical (unpaired) electrons. The predicted molar refractivity (Wildman–Crippen MR) is 77.0 cm³/mol. The van der Waals surface area contributed by atoms with Gasteiger partial charge in [-0.05, 0) is 34.6 Å². The van der Waals surface area contributed by atoms with Crippen molar-refractivity contribution in [3.63, 3.8) is 0 Å². The van der Waals surface area contributed by atoms with Crippen LogP contribution in [0.25, 0.3) is 10.8 Å². The lowest BCUT2D eigenvalue weighted by Crippen LogP contribution is -2.29. The fourth-order valence-electron chi connectivity index (χ4n) is 2.21. The van der Waals surface area contributed by atoms with Crippen LogP contribution in [0.3, 0.4) is 0 Å². The van der Waals surface area contributed by atoms with Crippen molar-refractivity contribution in [2.75, 3.05) is 0 Å². The lowest BCUT2D eigenvalue weighted by atomic mass is 9.79. The largest absolute Gasteiger partial charge is 0.488 e. The van der Waals surface area contributed by atoms with Crippen LogP contribution in [-0.4, -0.2) is 17.2 Å². The van der Waals surface area contributed by atoms with Gasteiger partial charge in [0.15, 0.2) is 0 Å². The fraction of sp³-hybridized carbons (Fsp3) is 0.333. The highest BCUT2D eigenvalue weighted by Gasteiger charge is 2.10. The quantitative estimate of drug-likeness (QED) is 0.623. The van der Waals surface area contributed by atoms with Gasteiger partial charge in [0.25, 0.3) is 0 Å². The zero-order valence-corrected chi connectivity index (χ0v) is 10.8. The van der Waals surface area contributed by atoms with Crippen molar-refractivity contribution < 1.29 is 10.0 Å². The first-order chi connectivity index (χ1) is 8.70. The molecule has 2 rings (SSSR count). The SMILES string of the molecule is CCCCCc1ccc2cc(B(O)O)ccc2c1. The minimum Gasteiger partial charge on any atom is -0.423 e. The number of aryl methyl sites for hydroxylation is 1. The Balaban J connectivity index is 2.21. The molecule has 18 heavy (non-hydrogen) atoms. The van der Waals surface area contributed by atoms with Crippen molar-refractivity contribution in [3.05, 3.63) is 42.0 Å². The maximum absolute atomic E-state index is 9.14. The number of fused-ring (bicyclic) bond motifs is 1. The highest BCUT2D eigenvalue weighted by Crippen LogP contribution is 2.16. The van der Waals surface area contributed by atoms with Gasteiger partial charge in [0.05, 0.1) is 0 Å². The predicted octanol–water partition coefficient (Wildman–Crippen LogP) is 2.25. The van der Waals surface area contributed by atoms with E-state index in [2.05, 4.69) is 25.1 Å². The molecule has 0 amide bonds. The van der Waals surface area contributed by atoms with E-state index in [1.54, 1.807) is 6.07 Å². The van der Waals surface area contributed by atoms with E-state index in [0.29, 0.717) is 5.46 Å². The van der Waals surface area contributed by atoms with Gasteiger partial charge in [-0.2, -0.15) is 0 Å². The average molecular weight is 242 g/mol. The molecule has 0 aromatic heterocycles. The second-order valence-electron chi connectivity index (χ2n) is 4.77. The number of hydrogen-bond donors (Lipinski definition) is 2. The third-order valence-corrected chi connectivity index (χ3v) is 3.30. The summed E-state index contributed by atoms with van der Waals surface area (Å²) in [5.74, 6) is 0. The van der Waals surface area contributed by atoms with Crippen molar-refractivity contribution in [1.29, 1.82) is 0 Å². The third kappa shape index (κ3) is 3.12. The van der Waals surface area contributed by atoms with Gasteiger partial charge in [0, 0.05) is 0 Å². The standard InChI is InChI=1S/C15H19BO2/c1-2-3-4-5-12-6-7-14-11-15(16(17)18)9-8-13(14)10-12/h6-11,17-18H,2-5H2,1H3. The monoisotopic (exact) mass is 242 g/mol. The Bertz CT molecular complexity index is 523. The molecule has 0 heterocycles. The summed E-state index contributed by atoms with van der Waals surface area (Å²) in [6.07, 6.45) is 4.86. The minimum absolute atomic E-state index is 0.543. The summed E-state index contributed by atoms with van der Waals surface area (Å²) in [4.78, 5) is 0. The van der Waals surface area contributed by atoms with E-state index in [9.17, 15) is 0 Å². The Morgan fingerprint density at radius 2 is 1.67 bits per heavy atom. The molecule has 0 aliphatic carbocycles. The van der Waals surface area contributed by atoms with Crippen LogP contribution in [-0.2, 0) is 6.42 Å². The number of benzene rings is 2. The first-order valence-corrected chi connectivity index (χ1v) is 6.59. The van der Waals surface area contributed by atoms with Crippen LogP contribution in [0.5, 0.6) is 0 Å². The highest BCUT2D eigenvalue weighted by atomic mass is 16.4. The van der Waals surface area contributed by atoms with E-state index in [1.165, 1.54) is 24.8 Å². The zero-order chi connectivity index (χ0) is 13.0. The molecule has 0 atom stereocenters. The van der Waals surface area contributed by atoms with Gasteiger partial charge in [-0.1, -0.05) is 56.2 Å². The van der Waals surface area contributed by atoms with Crippen LogP contribution < -0.4 is 5.46 Å². The Labute approximate surface area is 108 Å². The smallest absolute Gasteiger partial charge is 0.423 e. The lowest BCUT2D eigenvalue weighted by molar-refractivity contribution is 0.426. The Morgan fingerprint density at radius 1 is 0.944 bits per heavy atom. The topological polar surface area (TPSA) is 40.5 Å². The molecule has 2 nitrogen and oxygen atoms in total. The lowest BCUT2D eigenvalue weighted by Gasteiger charge is -2.06. The average Bonchev–Trinajstić information content (AvgIpc) is 2.38. The van der Waals surface area contributed by atoms with Crippen LogP contribution in [0.4, 0.5) is 0 Å². The van der Waals surface area contributed by atoms with Crippen LogP contribution in [0, 0.1) is 0 Å². The van der Waals surface area contributed by atoms with Gasteiger partial charge in [0.1, 0.15) is 0 Å². The summed E-state index contributed by atoms with van der Waals surface area (Å²) < 4.78 is 0. The summed E-state index contributed by atoms with van der Waals surface area (Å²) in [6.45, 7) is 2.21. The van der Waals surface area contributed by atoms with E-state index < -0.39 is 7.12 Å². The van der Waals surface area contributed by atoms with Gasteiger partial charge in [-0.25, -0.2) is 0 Å². The second kappa shape index (κ2) is 6.03. The van der Waals surface area contributed by atoms with Gasteiger partial charge in [0.2, 0.25) is 0 Å². The van der Waals surface area contributed by atoms with Crippen LogP contribution in [0.15, 0.2) is 36.4 Å². The number of hydrogen-bond acceptors (Lipinski definition) is 2. The molecule has 2 aromatic carbocycles. The molecular formula is C15H19BO2. The molecule has 3 heteroatoms. The fourth-order valence-corrected chi connectivity index (χ4v) is 2.21. The molecular weight excluding hydrogens is 223 g/mol. The summed E-state index contributed by atoms with van der Waals surface area (Å²) in [5, 5.41) is 20.5. The van der Waals surface area contributed by atoms with Crippen molar-refractivity contribution in [2.45, 2.75) is 32.6 Å². The van der Waals surface area contributed by atoms with Gasteiger partial charge < -0.3 is 10.0 Å². The number of rotatable bonds is 5. The van der Waals surface area contributed by atoms with Crippen LogP contribution in [0.2, 0.25) is 0 Å². The third-order valence-electron chi connectivity index (χ3n) is 3.30. The van der Waals surface area contributed by atoms with E-state index in [4.69, 9.17) is 10.0 Å². The molecule has 0 saturated heterocycles. The maximum Gasteiger partial charge on any atom is 0.488 e. The molecule has 0 saturated carbocycles. The molecule has 0 aliphatic heterocycles. The molecule has 0 aliphatic rings. The minimum atomic E-state index is -1.39. The first kappa shape index (κ1) is 13.1. The van der Waals surface area contributed by atoms with Gasteiger partial charge in [-0.15, -0.1) is 0 Å². The van der Waals surface area contributed by atoms with Gasteiger partial charge in [-0.3, -0.25) is 0 Å². The summed E-state index contributed by atoms with van der Waals surface area (Å²) in [5.41, 5.74) is 1.90. The Morgan fingerprint density at radius 3 is 2.39 bits per heavy atom. The van der Waals surface area contributed by atoms with E-state index in [1.807, 2.05) is 12.1 Å². The van der Waals surface area contributed by atoms with Gasteiger partial charge >= 0.3 is 7.12 Å². The van der Waals surface area contributed by atoms with Crippen LogP contribution in [0.1, 0.15) is 31.7 Å². The molecule has 2 N–H and O–H groups in total. The molecule has 0 spiro atoms. The zero-order valence-electron chi connectivity index (χ0n) is 10.8. The maximum atomic E-state index is 9.14. The van der Waals surface area contributed by atoms with Crippen molar-refractivity contribution >= 4 is 23.4 Å². The van der Waals surface area contributed by atoms with Crippen molar-refractivity contribution in [3.8, 4) is 0 Å². The Hall–Kier alpha value is -1.32. The van der Waals surface area contributed by atoms with E-state index in [-0.39, 0.29) is 0 Å². The molecule has 0 bridgehead atoms. The summed E-state index contributed by atoms with van der Waals surface area (Å²) >= 11 is 0. The summed E-state index contributed by atoms with van der Waals surface area (Å²) in [7, 11) is -1.39. The van der Waals surface area contributed by atoms with Crippen molar-refractivity contribution in [1.82, 2.24) is 0 Å². The molecule has 0 unspecified atom stereocenters. The highest BCUT2D eigenvalue weighted by molar-refractivity contribution is 6.58. The Kier molecular flexibility index (Phi) is 4.40. The second-order valence-corrected chi connectivity index (χ2v) is 4.77. The first-order valence-electron chi connectivity index (χ1n) is 6.59. The van der Waals surface area contributed by atoms with Crippen LogP contribution >= 0.6 is 0 Å². The molecule has 0 fully saturated rings. The molecule has 2 aromatic rings. The normalized spacial score (nSPS) is 10.8.